The summed E-state index contributed by atoms with van der Waals surface area (Å²) in [5, 5.41) is 1.01. The molecule has 0 unspecified atom stereocenters. The molecule has 3 rings (SSSR count). The number of hydrogen-bond acceptors (Lipinski definition) is 0. The molecule has 0 aromatic heterocycles. The Bertz CT molecular complexity index is 1140. The van der Waals surface area contributed by atoms with Gasteiger partial charge >= 0.3 is 0 Å². The van der Waals surface area contributed by atoms with Crippen molar-refractivity contribution in [1.82, 2.24) is 0 Å². The van der Waals surface area contributed by atoms with Gasteiger partial charge in [0.05, 0.1) is 0 Å². The first-order chi connectivity index (χ1) is 18.2. The van der Waals surface area contributed by atoms with E-state index in [-0.39, 0.29) is 36.5 Å². The van der Waals surface area contributed by atoms with E-state index < -0.39 is 0 Å². The Hall–Kier alpha value is -1.48. The summed E-state index contributed by atoms with van der Waals surface area (Å²) in [6.07, 6.45) is 2.31. The fraction of sp³-hybridized carbons (Fsp3) is 0.526. The van der Waals surface area contributed by atoms with Gasteiger partial charge in [-0.1, -0.05) is 160 Å². The van der Waals surface area contributed by atoms with Crippen molar-refractivity contribution in [1.29, 1.82) is 0 Å². The van der Waals surface area contributed by atoms with Crippen LogP contribution in [0, 0.1) is 13.8 Å². The van der Waals surface area contributed by atoms with Crippen LogP contribution in [0.15, 0.2) is 60.7 Å². The van der Waals surface area contributed by atoms with E-state index in [4.69, 9.17) is 0 Å². The van der Waals surface area contributed by atoms with Gasteiger partial charge in [0.25, 0.3) is 0 Å². The van der Waals surface area contributed by atoms with Crippen LogP contribution in [0.1, 0.15) is 105 Å². The van der Waals surface area contributed by atoms with E-state index in [0.717, 1.165) is 12.3 Å². The maximum absolute atomic E-state index is 2.47. The summed E-state index contributed by atoms with van der Waals surface area (Å²) in [6.45, 7) is 34.5. The lowest BCUT2D eigenvalue weighted by Crippen LogP contribution is -2.28. The highest BCUT2D eigenvalue weighted by atomic mass is 31.1. The SMILES string of the molecule is Cc1c(C)c(-c2ccccc2)c(CP(C(C)(C)C)C(C)(C)C)c(CP(C(C)(C)C)C(C)(C)C)c1-c1ccccc1. The molecule has 218 valence electrons. The van der Waals surface area contributed by atoms with Crippen LogP contribution < -0.4 is 0 Å². The first-order valence-corrected chi connectivity index (χ1v) is 18.1. The van der Waals surface area contributed by atoms with Crippen LogP contribution in [-0.2, 0) is 12.3 Å². The largest absolute Gasteiger partial charge is 0.0911 e. The summed E-state index contributed by atoms with van der Waals surface area (Å²) in [4.78, 5) is 0. The Morgan fingerprint density at radius 1 is 0.425 bits per heavy atom. The van der Waals surface area contributed by atoms with Gasteiger partial charge in [0.1, 0.15) is 0 Å². The van der Waals surface area contributed by atoms with Crippen molar-refractivity contribution in [2.24, 2.45) is 0 Å². The van der Waals surface area contributed by atoms with Gasteiger partial charge in [0.2, 0.25) is 0 Å². The molecule has 2 heteroatoms. The molecule has 0 spiro atoms. The van der Waals surface area contributed by atoms with Gasteiger partial charge < -0.3 is 0 Å². The average molecular weight is 575 g/mol. The molecule has 0 saturated heterocycles. The maximum atomic E-state index is 2.47. The first kappa shape index (κ1) is 33.0. The lowest BCUT2D eigenvalue weighted by atomic mass is 9.83. The molecular weight excluding hydrogens is 518 g/mol. The third-order valence-electron chi connectivity index (χ3n) is 8.28. The normalized spacial score (nSPS) is 13.4. The Balaban J connectivity index is 2.54. The molecule has 0 atom stereocenters. The highest BCUT2D eigenvalue weighted by Gasteiger charge is 2.39. The van der Waals surface area contributed by atoms with Crippen molar-refractivity contribution in [3.05, 3.63) is 82.9 Å². The zero-order chi connectivity index (χ0) is 30.3. The van der Waals surface area contributed by atoms with Gasteiger partial charge in [-0.05, 0) is 91.3 Å². The zero-order valence-corrected chi connectivity index (χ0v) is 29.9. The van der Waals surface area contributed by atoms with E-state index in [9.17, 15) is 0 Å². The van der Waals surface area contributed by atoms with Gasteiger partial charge in [-0.2, -0.15) is 0 Å². The molecule has 0 radical (unpaired) electrons. The second-order valence-electron chi connectivity index (χ2n) is 15.5. The van der Waals surface area contributed by atoms with Crippen LogP contribution >= 0.6 is 15.8 Å². The van der Waals surface area contributed by atoms with Crippen molar-refractivity contribution >= 4 is 15.8 Å². The zero-order valence-electron chi connectivity index (χ0n) is 28.1. The van der Waals surface area contributed by atoms with Crippen LogP contribution in [0.5, 0.6) is 0 Å². The minimum atomic E-state index is -0.319. The van der Waals surface area contributed by atoms with E-state index >= 15 is 0 Å². The van der Waals surface area contributed by atoms with Crippen molar-refractivity contribution in [2.75, 3.05) is 0 Å². The number of benzene rings is 3. The van der Waals surface area contributed by atoms with Crippen molar-refractivity contribution in [2.45, 2.75) is 130 Å². The topological polar surface area (TPSA) is 0 Å². The smallest absolute Gasteiger partial charge is 0.00543 e. The predicted octanol–water partition coefficient (Wildman–Crippen LogP) is 12.8. The molecule has 0 aliphatic rings. The summed E-state index contributed by atoms with van der Waals surface area (Å²) in [5.74, 6) is 0. The fourth-order valence-corrected chi connectivity index (χ4v) is 14.0. The molecule has 0 fully saturated rings. The van der Waals surface area contributed by atoms with E-state index in [1.54, 1.807) is 11.1 Å². The monoisotopic (exact) mass is 574 g/mol. The van der Waals surface area contributed by atoms with Gasteiger partial charge in [-0.25, -0.2) is 0 Å². The fourth-order valence-electron chi connectivity index (χ4n) is 6.75. The third kappa shape index (κ3) is 7.47. The van der Waals surface area contributed by atoms with Crippen molar-refractivity contribution in [3.8, 4) is 22.3 Å². The molecule has 0 bridgehead atoms. The Labute approximate surface area is 250 Å². The van der Waals surface area contributed by atoms with E-state index in [1.165, 1.54) is 33.4 Å². The summed E-state index contributed by atoms with van der Waals surface area (Å²) in [7, 11) is -0.638. The Morgan fingerprint density at radius 3 is 0.900 bits per heavy atom. The minimum absolute atomic E-state index is 0.253. The highest BCUT2D eigenvalue weighted by Crippen LogP contribution is 2.65. The van der Waals surface area contributed by atoms with Crippen LogP contribution in [0.4, 0.5) is 0 Å². The molecule has 0 aliphatic heterocycles. The van der Waals surface area contributed by atoms with E-state index in [0.29, 0.717) is 0 Å². The predicted molar refractivity (Wildman–Crippen MR) is 187 cm³/mol. The molecule has 0 heterocycles. The maximum Gasteiger partial charge on any atom is -0.00543 e. The summed E-state index contributed by atoms with van der Waals surface area (Å²) >= 11 is 0. The lowest BCUT2D eigenvalue weighted by Gasteiger charge is -2.45. The van der Waals surface area contributed by atoms with Crippen molar-refractivity contribution in [3.63, 3.8) is 0 Å². The van der Waals surface area contributed by atoms with Gasteiger partial charge in [-0.3, -0.25) is 0 Å². The standard InChI is InChI=1S/C38H56P2/c1-27-28(2)34(30-23-19-16-20-24-30)32(26-40(37(9,10)11)38(12,13)14)31(33(27)29-21-17-15-18-22-29)25-39(35(3,4)5)36(6,7)8/h15-24H,25-26H2,1-14H3. The van der Waals surface area contributed by atoms with Crippen molar-refractivity contribution < 1.29 is 0 Å². The second-order valence-corrected chi connectivity index (χ2v) is 23.3. The average Bonchev–Trinajstić information content (AvgIpc) is 2.81. The summed E-state index contributed by atoms with van der Waals surface area (Å²) < 4.78 is 0. The molecule has 0 N–H and O–H groups in total. The number of hydrogen-bond donors (Lipinski definition) is 0. The molecular formula is C38H56P2. The lowest BCUT2D eigenvalue weighted by molar-refractivity contribution is 0.699. The molecule has 0 aliphatic carbocycles. The van der Waals surface area contributed by atoms with E-state index in [2.05, 4.69) is 158 Å². The summed E-state index contributed by atoms with van der Waals surface area (Å²) in [5.41, 5.74) is 11.8. The second kappa shape index (κ2) is 12.0. The van der Waals surface area contributed by atoms with Gasteiger partial charge in [0.15, 0.2) is 0 Å². The van der Waals surface area contributed by atoms with Crippen LogP contribution in [-0.4, -0.2) is 20.6 Å². The van der Waals surface area contributed by atoms with Gasteiger partial charge in [0, 0.05) is 0 Å². The molecule has 0 saturated carbocycles. The third-order valence-corrected chi connectivity index (χ3v) is 16.0. The molecule has 3 aromatic rings. The number of rotatable bonds is 6. The van der Waals surface area contributed by atoms with Crippen LogP contribution in [0.3, 0.4) is 0 Å². The van der Waals surface area contributed by atoms with E-state index in [1.807, 2.05) is 0 Å². The molecule has 40 heavy (non-hydrogen) atoms. The van der Waals surface area contributed by atoms with Crippen LogP contribution in [0.2, 0.25) is 0 Å². The Kier molecular flexibility index (Phi) is 9.93. The summed E-state index contributed by atoms with van der Waals surface area (Å²) in [6, 6.07) is 22.5. The van der Waals surface area contributed by atoms with Gasteiger partial charge in [-0.15, -0.1) is 0 Å². The molecule has 3 aromatic carbocycles. The molecule has 0 amide bonds. The minimum Gasteiger partial charge on any atom is -0.0911 e. The quantitative estimate of drug-likeness (QED) is 0.257. The Morgan fingerprint density at radius 2 is 0.675 bits per heavy atom. The highest BCUT2D eigenvalue weighted by molar-refractivity contribution is 7.60. The first-order valence-electron chi connectivity index (χ1n) is 15.1. The van der Waals surface area contributed by atoms with Crippen LogP contribution in [0.25, 0.3) is 22.3 Å². The molecule has 0 nitrogen and oxygen atoms in total.